The number of nitriles is 1. The molecule has 2 aliphatic rings. The Morgan fingerprint density at radius 2 is 1.87 bits per heavy atom. The Morgan fingerprint density at radius 1 is 1.09 bits per heavy atom. The van der Waals surface area contributed by atoms with E-state index in [-0.39, 0.29) is 0 Å². The van der Waals surface area contributed by atoms with Gasteiger partial charge in [-0.1, -0.05) is 49.6 Å². The number of rotatable bonds is 4. The molecule has 1 aromatic heterocycles. The van der Waals surface area contributed by atoms with Gasteiger partial charge < -0.3 is 9.73 Å². The van der Waals surface area contributed by atoms with E-state index in [4.69, 9.17) is 4.42 Å². The molecule has 0 amide bonds. The van der Waals surface area contributed by atoms with Crippen molar-refractivity contribution < 1.29 is 4.42 Å². The van der Waals surface area contributed by atoms with Gasteiger partial charge >= 0.3 is 0 Å². The Morgan fingerprint density at radius 3 is 2.61 bits per heavy atom. The average molecular weight is 307 g/mol. The van der Waals surface area contributed by atoms with Gasteiger partial charge in [-0.25, -0.2) is 4.98 Å². The number of nitrogens with one attached hydrogen (secondary N) is 1. The molecule has 2 aromatic rings. The minimum Gasteiger partial charge on any atom is -0.424 e. The monoisotopic (exact) mass is 307 g/mol. The molecule has 4 heteroatoms. The fraction of sp³-hybridized carbons (Fsp3) is 0.474. The Bertz CT molecular complexity index is 710. The standard InChI is InChI=1S/C19H21N3O/c20-12-17-19(21-14-9-5-2-6-10-14)23-18(22-17)16-11-15(16)13-7-3-1-4-8-13/h1,3-4,7-8,14-16,21H,2,5-6,9-11H2. The van der Waals surface area contributed by atoms with Crippen molar-refractivity contribution in [2.75, 3.05) is 5.32 Å². The topological polar surface area (TPSA) is 61.9 Å². The third-order valence-electron chi connectivity index (χ3n) is 5.03. The first-order valence-corrected chi connectivity index (χ1v) is 8.57. The summed E-state index contributed by atoms with van der Waals surface area (Å²) in [6, 6.07) is 13.1. The normalized spacial score (nSPS) is 24.1. The molecule has 2 aliphatic carbocycles. The van der Waals surface area contributed by atoms with Gasteiger partial charge in [-0.05, 0) is 30.7 Å². The van der Waals surface area contributed by atoms with Crippen molar-refractivity contribution in [3.8, 4) is 6.07 Å². The summed E-state index contributed by atoms with van der Waals surface area (Å²) in [7, 11) is 0. The van der Waals surface area contributed by atoms with E-state index in [1.54, 1.807) is 0 Å². The van der Waals surface area contributed by atoms with Gasteiger partial charge in [0.1, 0.15) is 6.07 Å². The molecular formula is C19H21N3O. The van der Waals surface area contributed by atoms with Crippen LogP contribution >= 0.6 is 0 Å². The van der Waals surface area contributed by atoms with Gasteiger partial charge in [-0.15, -0.1) is 0 Å². The van der Waals surface area contributed by atoms with E-state index in [0.29, 0.717) is 35.3 Å². The Kier molecular flexibility index (Phi) is 3.78. The van der Waals surface area contributed by atoms with Gasteiger partial charge in [0.05, 0.1) is 0 Å². The first-order chi connectivity index (χ1) is 11.3. The fourth-order valence-electron chi connectivity index (χ4n) is 3.64. The number of anilines is 1. The molecular weight excluding hydrogens is 286 g/mol. The molecule has 118 valence electrons. The Labute approximate surface area is 136 Å². The first-order valence-electron chi connectivity index (χ1n) is 8.57. The lowest BCUT2D eigenvalue weighted by Gasteiger charge is -2.22. The molecule has 0 bridgehead atoms. The zero-order valence-electron chi connectivity index (χ0n) is 13.2. The molecule has 2 fully saturated rings. The molecule has 0 spiro atoms. The lowest BCUT2D eigenvalue weighted by atomic mass is 9.95. The molecule has 0 saturated heterocycles. The zero-order chi connectivity index (χ0) is 15.6. The highest BCUT2D eigenvalue weighted by Gasteiger charge is 2.43. The maximum absolute atomic E-state index is 9.33. The van der Waals surface area contributed by atoms with E-state index in [9.17, 15) is 5.26 Å². The van der Waals surface area contributed by atoms with E-state index in [0.717, 1.165) is 19.3 Å². The van der Waals surface area contributed by atoms with E-state index < -0.39 is 0 Å². The van der Waals surface area contributed by atoms with Crippen LogP contribution in [0.5, 0.6) is 0 Å². The lowest BCUT2D eigenvalue weighted by molar-refractivity contribution is 0.442. The highest BCUT2D eigenvalue weighted by molar-refractivity contribution is 5.47. The average Bonchev–Trinajstić information content (AvgIpc) is 3.31. The predicted molar refractivity (Wildman–Crippen MR) is 88.3 cm³/mol. The summed E-state index contributed by atoms with van der Waals surface area (Å²) < 4.78 is 5.94. The zero-order valence-corrected chi connectivity index (χ0v) is 13.2. The number of nitrogens with zero attached hydrogens (tertiary/aromatic N) is 2. The third-order valence-corrected chi connectivity index (χ3v) is 5.03. The maximum atomic E-state index is 9.33. The van der Waals surface area contributed by atoms with E-state index >= 15 is 0 Å². The van der Waals surface area contributed by atoms with Crippen LogP contribution in [0.2, 0.25) is 0 Å². The summed E-state index contributed by atoms with van der Waals surface area (Å²) in [5, 5.41) is 12.7. The summed E-state index contributed by atoms with van der Waals surface area (Å²) in [5.41, 5.74) is 1.74. The van der Waals surface area contributed by atoms with E-state index in [1.807, 2.05) is 6.07 Å². The maximum Gasteiger partial charge on any atom is 0.232 e. The van der Waals surface area contributed by atoms with Crippen LogP contribution in [0.4, 0.5) is 5.88 Å². The summed E-state index contributed by atoms with van der Waals surface area (Å²) in [6.45, 7) is 0. The largest absolute Gasteiger partial charge is 0.424 e. The molecule has 2 unspecified atom stereocenters. The van der Waals surface area contributed by atoms with Gasteiger partial charge in [-0.3, -0.25) is 0 Å². The third kappa shape index (κ3) is 2.96. The van der Waals surface area contributed by atoms with Crippen LogP contribution in [-0.4, -0.2) is 11.0 Å². The van der Waals surface area contributed by atoms with Crippen LogP contribution in [0.1, 0.15) is 67.5 Å². The van der Waals surface area contributed by atoms with Crippen molar-refractivity contribution >= 4 is 5.88 Å². The highest BCUT2D eigenvalue weighted by atomic mass is 16.4. The van der Waals surface area contributed by atoms with Gasteiger partial charge in [-0.2, -0.15) is 5.26 Å². The van der Waals surface area contributed by atoms with Crippen LogP contribution in [0.15, 0.2) is 34.7 Å². The second kappa shape index (κ2) is 6.08. The molecule has 1 N–H and O–H groups in total. The van der Waals surface area contributed by atoms with Crippen molar-refractivity contribution in [3.63, 3.8) is 0 Å². The molecule has 23 heavy (non-hydrogen) atoms. The number of hydrogen-bond donors (Lipinski definition) is 1. The predicted octanol–water partition coefficient (Wildman–Crippen LogP) is 4.56. The fourth-order valence-corrected chi connectivity index (χ4v) is 3.64. The molecule has 2 atom stereocenters. The van der Waals surface area contributed by atoms with Gasteiger partial charge in [0.15, 0.2) is 0 Å². The van der Waals surface area contributed by atoms with Crippen molar-refractivity contribution in [3.05, 3.63) is 47.5 Å². The Hall–Kier alpha value is -2.28. The minimum absolute atomic E-state index is 0.311. The van der Waals surface area contributed by atoms with Crippen molar-refractivity contribution in [2.45, 2.75) is 56.4 Å². The molecule has 0 radical (unpaired) electrons. The summed E-state index contributed by atoms with van der Waals surface area (Å²) in [6.07, 6.45) is 7.16. The summed E-state index contributed by atoms with van der Waals surface area (Å²) in [4.78, 5) is 4.44. The number of hydrogen-bond acceptors (Lipinski definition) is 4. The second-order valence-corrected chi connectivity index (χ2v) is 6.68. The number of aromatic nitrogens is 1. The van der Waals surface area contributed by atoms with Crippen LogP contribution in [0.3, 0.4) is 0 Å². The van der Waals surface area contributed by atoms with Crippen molar-refractivity contribution in [2.24, 2.45) is 0 Å². The Balaban J connectivity index is 1.49. The van der Waals surface area contributed by atoms with Crippen LogP contribution < -0.4 is 5.32 Å². The van der Waals surface area contributed by atoms with Crippen molar-refractivity contribution in [1.29, 1.82) is 5.26 Å². The molecule has 2 saturated carbocycles. The summed E-state index contributed by atoms with van der Waals surface area (Å²) in [5.74, 6) is 2.08. The first kappa shape index (κ1) is 14.3. The second-order valence-electron chi connectivity index (χ2n) is 6.68. The molecule has 1 heterocycles. The van der Waals surface area contributed by atoms with Gasteiger partial charge in [0.2, 0.25) is 17.5 Å². The molecule has 4 rings (SSSR count). The summed E-state index contributed by atoms with van der Waals surface area (Å²) >= 11 is 0. The van der Waals surface area contributed by atoms with Gasteiger partial charge in [0.25, 0.3) is 0 Å². The number of benzene rings is 1. The van der Waals surface area contributed by atoms with Crippen molar-refractivity contribution in [1.82, 2.24) is 4.98 Å². The quantitative estimate of drug-likeness (QED) is 0.899. The smallest absolute Gasteiger partial charge is 0.232 e. The number of oxazole rings is 1. The highest BCUT2D eigenvalue weighted by Crippen LogP contribution is 2.54. The minimum atomic E-state index is 0.311. The van der Waals surface area contributed by atoms with Gasteiger partial charge in [0, 0.05) is 12.0 Å². The molecule has 4 nitrogen and oxygen atoms in total. The van der Waals surface area contributed by atoms with Crippen LogP contribution in [0.25, 0.3) is 0 Å². The van der Waals surface area contributed by atoms with E-state index in [2.05, 4.69) is 40.6 Å². The SMILES string of the molecule is N#Cc1nc(C2CC2c2ccccc2)oc1NC1CCCCC1. The molecule has 1 aromatic carbocycles. The van der Waals surface area contributed by atoms with Crippen LogP contribution in [0, 0.1) is 11.3 Å². The molecule has 0 aliphatic heterocycles. The van der Waals surface area contributed by atoms with E-state index in [1.165, 1.54) is 24.8 Å². The lowest BCUT2D eigenvalue weighted by Crippen LogP contribution is -2.22. The van der Waals surface area contributed by atoms with Crippen LogP contribution in [-0.2, 0) is 0 Å².